The zero-order chi connectivity index (χ0) is 12.3. The number of rotatable bonds is 2. The smallest absolute Gasteiger partial charge is 0.268 e. The third kappa shape index (κ3) is 2.56. The van der Waals surface area contributed by atoms with Crippen LogP contribution in [0.15, 0.2) is 16.9 Å². The van der Waals surface area contributed by atoms with Crippen LogP contribution in [0, 0.1) is 24.2 Å². The van der Waals surface area contributed by atoms with E-state index >= 15 is 0 Å². The Morgan fingerprint density at radius 3 is 2.82 bits per heavy atom. The first-order chi connectivity index (χ1) is 8.22. The highest BCUT2D eigenvalue weighted by molar-refractivity contribution is 5.27. The first kappa shape index (κ1) is 11.9. The minimum atomic E-state index is -0.147. The molecule has 1 N–H and O–H groups in total. The molecule has 0 aromatic carbocycles. The van der Waals surface area contributed by atoms with Gasteiger partial charge < -0.3 is 9.88 Å². The van der Waals surface area contributed by atoms with E-state index in [0.717, 1.165) is 38.2 Å². The summed E-state index contributed by atoms with van der Waals surface area (Å²) >= 11 is 0. The number of hydrogen-bond acceptors (Lipinski definition) is 3. The third-order valence-electron chi connectivity index (χ3n) is 3.41. The van der Waals surface area contributed by atoms with Gasteiger partial charge in [0.1, 0.15) is 11.6 Å². The minimum absolute atomic E-state index is 0.147. The molecule has 0 atom stereocenters. The van der Waals surface area contributed by atoms with Gasteiger partial charge in [0.2, 0.25) is 0 Å². The van der Waals surface area contributed by atoms with E-state index in [1.54, 1.807) is 10.6 Å². The number of hydrogen-bond donors (Lipinski definition) is 1. The molecule has 2 heterocycles. The van der Waals surface area contributed by atoms with Crippen molar-refractivity contribution in [3.8, 4) is 6.07 Å². The lowest BCUT2D eigenvalue weighted by atomic mass is 9.98. The Morgan fingerprint density at radius 1 is 1.47 bits per heavy atom. The van der Waals surface area contributed by atoms with Crippen LogP contribution in [0.3, 0.4) is 0 Å². The summed E-state index contributed by atoms with van der Waals surface area (Å²) in [7, 11) is 0. The van der Waals surface area contributed by atoms with Crippen LogP contribution in [0.4, 0.5) is 0 Å². The van der Waals surface area contributed by atoms with E-state index in [2.05, 4.69) is 5.32 Å². The van der Waals surface area contributed by atoms with Crippen molar-refractivity contribution in [3.63, 3.8) is 0 Å². The maximum atomic E-state index is 12.0. The second-order valence-electron chi connectivity index (χ2n) is 4.61. The van der Waals surface area contributed by atoms with Crippen molar-refractivity contribution in [1.29, 1.82) is 5.26 Å². The number of aromatic nitrogens is 1. The van der Waals surface area contributed by atoms with Gasteiger partial charge in [-0.05, 0) is 50.9 Å². The van der Waals surface area contributed by atoms with E-state index in [9.17, 15) is 4.79 Å². The van der Waals surface area contributed by atoms with Crippen molar-refractivity contribution in [2.75, 3.05) is 13.1 Å². The van der Waals surface area contributed by atoms with Crippen molar-refractivity contribution in [2.24, 2.45) is 5.92 Å². The standard InChI is InChI=1S/C13H17N3O/c1-10-2-3-12(8-14)13(17)16(10)9-11-4-6-15-7-5-11/h2-3,11,15H,4-7,9H2,1H3. The van der Waals surface area contributed by atoms with Gasteiger partial charge in [-0.15, -0.1) is 0 Å². The van der Waals surface area contributed by atoms with Gasteiger partial charge in [0.05, 0.1) is 0 Å². The molecular weight excluding hydrogens is 214 g/mol. The van der Waals surface area contributed by atoms with Crippen molar-refractivity contribution in [3.05, 3.63) is 33.7 Å². The van der Waals surface area contributed by atoms with Gasteiger partial charge in [-0.1, -0.05) is 0 Å². The molecule has 0 radical (unpaired) electrons. The van der Waals surface area contributed by atoms with E-state index in [0.29, 0.717) is 5.92 Å². The molecule has 0 aliphatic carbocycles. The molecule has 1 saturated heterocycles. The van der Waals surface area contributed by atoms with Crippen LogP contribution in [0.1, 0.15) is 24.1 Å². The summed E-state index contributed by atoms with van der Waals surface area (Å²) < 4.78 is 1.74. The summed E-state index contributed by atoms with van der Waals surface area (Å²) in [5.74, 6) is 0.543. The molecule has 1 aliphatic rings. The highest BCUT2D eigenvalue weighted by atomic mass is 16.1. The fourth-order valence-electron chi connectivity index (χ4n) is 2.31. The van der Waals surface area contributed by atoms with E-state index in [-0.39, 0.29) is 11.1 Å². The van der Waals surface area contributed by atoms with Gasteiger partial charge in [0.25, 0.3) is 5.56 Å². The minimum Gasteiger partial charge on any atom is -0.317 e. The van der Waals surface area contributed by atoms with Gasteiger partial charge in [-0.2, -0.15) is 5.26 Å². The van der Waals surface area contributed by atoms with Crippen molar-refractivity contribution in [1.82, 2.24) is 9.88 Å². The molecule has 1 fully saturated rings. The van der Waals surface area contributed by atoms with E-state index in [4.69, 9.17) is 5.26 Å². The van der Waals surface area contributed by atoms with Crippen LogP contribution >= 0.6 is 0 Å². The second kappa shape index (κ2) is 5.15. The summed E-state index contributed by atoms with van der Waals surface area (Å²) in [6, 6.07) is 5.41. The summed E-state index contributed by atoms with van der Waals surface area (Å²) in [4.78, 5) is 12.0. The van der Waals surface area contributed by atoms with Crippen LogP contribution in [-0.2, 0) is 6.54 Å². The Bertz CT molecular complexity index is 492. The van der Waals surface area contributed by atoms with Gasteiger partial charge >= 0.3 is 0 Å². The van der Waals surface area contributed by atoms with Crippen LogP contribution in [0.2, 0.25) is 0 Å². The fourth-order valence-corrected chi connectivity index (χ4v) is 2.31. The lowest BCUT2D eigenvalue weighted by molar-refractivity contribution is 0.327. The molecule has 0 amide bonds. The molecule has 1 aromatic rings. The van der Waals surface area contributed by atoms with Crippen molar-refractivity contribution < 1.29 is 0 Å². The number of piperidine rings is 1. The zero-order valence-corrected chi connectivity index (χ0v) is 10.1. The highest BCUT2D eigenvalue weighted by Crippen LogP contribution is 2.14. The molecule has 1 aromatic heterocycles. The largest absolute Gasteiger partial charge is 0.317 e. The lowest BCUT2D eigenvalue weighted by Gasteiger charge is -2.24. The molecule has 90 valence electrons. The zero-order valence-electron chi connectivity index (χ0n) is 10.1. The van der Waals surface area contributed by atoms with Gasteiger partial charge in [-0.25, -0.2) is 0 Å². The average molecular weight is 231 g/mol. The van der Waals surface area contributed by atoms with Crippen LogP contribution < -0.4 is 10.9 Å². The number of nitrogens with zero attached hydrogens (tertiary/aromatic N) is 2. The molecule has 0 saturated carbocycles. The van der Waals surface area contributed by atoms with Gasteiger partial charge in [-0.3, -0.25) is 4.79 Å². The summed E-state index contributed by atoms with van der Waals surface area (Å²) in [5, 5.41) is 12.2. The van der Waals surface area contributed by atoms with Crippen molar-refractivity contribution in [2.45, 2.75) is 26.3 Å². The summed E-state index contributed by atoms with van der Waals surface area (Å²) in [5.41, 5.74) is 1.03. The molecule has 17 heavy (non-hydrogen) atoms. The predicted molar refractivity (Wildman–Crippen MR) is 65.7 cm³/mol. The lowest BCUT2D eigenvalue weighted by Crippen LogP contribution is -2.33. The van der Waals surface area contributed by atoms with E-state index < -0.39 is 0 Å². The van der Waals surface area contributed by atoms with Crippen LogP contribution in [-0.4, -0.2) is 17.7 Å². The number of aryl methyl sites for hydroxylation is 1. The SMILES string of the molecule is Cc1ccc(C#N)c(=O)n1CC1CCNCC1. The fraction of sp³-hybridized carbons (Fsp3) is 0.538. The first-order valence-corrected chi connectivity index (χ1v) is 6.03. The highest BCUT2D eigenvalue weighted by Gasteiger charge is 2.15. The Balaban J connectivity index is 2.25. The molecule has 4 heteroatoms. The quantitative estimate of drug-likeness (QED) is 0.827. The normalized spacial score (nSPS) is 16.7. The number of nitrogens with one attached hydrogen (secondary N) is 1. The van der Waals surface area contributed by atoms with Gasteiger partial charge in [0, 0.05) is 12.2 Å². The van der Waals surface area contributed by atoms with E-state index in [1.807, 2.05) is 19.1 Å². The molecule has 0 bridgehead atoms. The third-order valence-corrected chi connectivity index (χ3v) is 3.41. The Labute approximate surface area is 101 Å². The Kier molecular flexibility index (Phi) is 3.60. The molecular formula is C13H17N3O. The summed E-state index contributed by atoms with van der Waals surface area (Å²) in [6.07, 6.45) is 2.20. The predicted octanol–water partition coefficient (Wildman–Crippen LogP) is 1.03. The Morgan fingerprint density at radius 2 is 2.18 bits per heavy atom. The monoisotopic (exact) mass is 231 g/mol. The molecule has 4 nitrogen and oxygen atoms in total. The molecule has 2 rings (SSSR count). The topological polar surface area (TPSA) is 57.8 Å². The molecule has 0 unspecified atom stereocenters. The molecule has 0 spiro atoms. The Hall–Kier alpha value is -1.60. The van der Waals surface area contributed by atoms with Crippen LogP contribution in [0.25, 0.3) is 0 Å². The average Bonchev–Trinajstić information content (AvgIpc) is 2.36. The first-order valence-electron chi connectivity index (χ1n) is 6.03. The molecule has 1 aliphatic heterocycles. The van der Waals surface area contributed by atoms with Crippen molar-refractivity contribution >= 4 is 0 Å². The maximum Gasteiger partial charge on any atom is 0.268 e. The van der Waals surface area contributed by atoms with Crippen LogP contribution in [0.5, 0.6) is 0 Å². The van der Waals surface area contributed by atoms with Gasteiger partial charge in [0.15, 0.2) is 0 Å². The summed E-state index contributed by atoms with van der Waals surface area (Å²) in [6.45, 7) is 4.71. The maximum absolute atomic E-state index is 12.0. The van der Waals surface area contributed by atoms with E-state index in [1.165, 1.54) is 0 Å². The second-order valence-corrected chi connectivity index (χ2v) is 4.61. The number of pyridine rings is 1. The number of nitriles is 1.